The molecular formula is C11H15N3O3. The van der Waals surface area contributed by atoms with E-state index in [1.165, 1.54) is 6.20 Å². The van der Waals surface area contributed by atoms with Crippen LogP contribution in [0.1, 0.15) is 12.6 Å². The molecule has 0 saturated heterocycles. The van der Waals surface area contributed by atoms with Crippen LogP contribution >= 0.6 is 0 Å². The molecule has 1 heterocycles. The second-order valence-electron chi connectivity index (χ2n) is 3.34. The number of anilines is 1. The van der Waals surface area contributed by atoms with Gasteiger partial charge in [0.2, 0.25) is 5.91 Å². The van der Waals surface area contributed by atoms with E-state index in [1.807, 2.05) is 0 Å². The normalized spacial score (nSPS) is 9.71. The number of carbonyl (C=O) groups excluding carboxylic acids is 2. The number of nitrogens with one attached hydrogen (secondary N) is 1. The van der Waals surface area contributed by atoms with Crippen molar-refractivity contribution in [3.63, 3.8) is 0 Å². The molecule has 92 valence electrons. The summed E-state index contributed by atoms with van der Waals surface area (Å²) in [4.78, 5) is 26.4. The first-order chi connectivity index (χ1) is 8.11. The van der Waals surface area contributed by atoms with Crippen LogP contribution in [0.15, 0.2) is 18.3 Å². The molecule has 0 spiro atoms. The molecule has 0 radical (unpaired) electrons. The van der Waals surface area contributed by atoms with Crippen LogP contribution in [0, 0.1) is 0 Å². The summed E-state index contributed by atoms with van der Waals surface area (Å²) >= 11 is 0. The van der Waals surface area contributed by atoms with Crippen molar-refractivity contribution in [2.45, 2.75) is 13.3 Å². The van der Waals surface area contributed by atoms with Gasteiger partial charge in [0.15, 0.2) is 0 Å². The van der Waals surface area contributed by atoms with Crippen molar-refractivity contribution in [1.82, 2.24) is 10.3 Å². The van der Waals surface area contributed by atoms with Gasteiger partial charge in [-0.2, -0.15) is 0 Å². The highest BCUT2D eigenvalue weighted by Crippen LogP contribution is 2.01. The van der Waals surface area contributed by atoms with Gasteiger partial charge in [-0.1, -0.05) is 0 Å². The van der Waals surface area contributed by atoms with E-state index in [9.17, 15) is 9.59 Å². The third-order valence-electron chi connectivity index (χ3n) is 1.92. The summed E-state index contributed by atoms with van der Waals surface area (Å²) in [5.41, 5.74) is 6.61. The Morgan fingerprint density at radius 2 is 2.24 bits per heavy atom. The Labute approximate surface area is 99.2 Å². The Morgan fingerprint density at radius 1 is 1.47 bits per heavy atom. The first-order valence-corrected chi connectivity index (χ1v) is 5.24. The molecule has 0 aromatic carbocycles. The number of pyridine rings is 1. The summed E-state index contributed by atoms with van der Waals surface area (Å²) in [7, 11) is 0. The summed E-state index contributed by atoms with van der Waals surface area (Å²) in [5, 5.41) is 2.45. The zero-order valence-electron chi connectivity index (χ0n) is 9.60. The van der Waals surface area contributed by atoms with Gasteiger partial charge in [-0.3, -0.25) is 14.6 Å². The fraction of sp³-hybridized carbons (Fsp3) is 0.364. The number of ether oxygens (including phenoxy) is 1. The van der Waals surface area contributed by atoms with Gasteiger partial charge in [-0.05, 0) is 19.1 Å². The lowest BCUT2D eigenvalue weighted by Gasteiger charge is -2.04. The molecule has 1 aromatic heterocycles. The van der Waals surface area contributed by atoms with Crippen LogP contribution in [-0.4, -0.2) is 30.0 Å². The van der Waals surface area contributed by atoms with Crippen molar-refractivity contribution in [2.75, 3.05) is 18.9 Å². The predicted molar refractivity (Wildman–Crippen MR) is 62.0 cm³/mol. The van der Waals surface area contributed by atoms with E-state index in [0.717, 1.165) is 0 Å². The van der Waals surface area contributed by atoms with Gasteiger partial charge < -0.3 is 15.8 Å². The summed E-state index contributed by atoms with van der Waals surface area (Å²) < 4.78 is 4.67. The van der Waals surface area contributed by atoms with Crippen LogP contribution in [0.3, 0.4) is 0 Å². The van der Waals surface area contributed by atoms with E-state index in [2.05, 4.69) is 15.0 Å². The fourth-order valence-corrected chi connectivity index (χ4v) is 1.15. The minimum absolute atomic E-state index is 0.111. The van der Waals surface area contributed by atoms with Gasteiger partial charge >= 0.3 is 5.97 Å². The molecule has 0 saturated carbocycles. The summed E-state index contributed by atoms with van der Waals surface area (Å²) in [6, 6.07) is 3.33. The average Bonchev–Trinajstić information content (AvgIpc) is 2.30. The van der Waals surface area contributed by atoms with E-state index < -0.39 is 5.97 Å². The minimum atomic E-state index is -0.453. The first-order valence-electron chi connectivity index (χ1n) is 5.24. The molecule has 3 N–H and O–H groups in total. The number of hydrogen-bond acceptors (Lipinski definition) is 5. The lowest BCUT2D eigenvalue weighted by molar-refractivity contribution is -0.143. The molecule has 1 rings (SSSR count). The first kappa shape index (κ1) is 13.0. The number of nitrogen functional groups attached to an aromatic ring is 1. The van der Waals surface area contributed by atoms with Crippen LogP contribution < -0.4 is 11.1 Å². The molecule has 17 heavy (non-hydrogen) atoms. The number of rotatable bonds is 5. The topological polar surface area (TPSA) is 94.3 Å². The van der Waals surface area contributed by atoms with E-state index in [1.54, 1.807) is 19.1 Å². The number of amides is 1. The van der Waals surface area contributed by atoms with Gasteiger partial charge in [-0.15, -0.1) is 0 Å². The molecule has 0 atom stereocenters. The third-order valence-corrected chi connectivity index (χ3v) is 1.92. The van der Waals surface area contributed by atoms with E-state index >= 15 is 0 Å². The minimum Gasteiger partial charge on any atom is -0.465 e. The van der Waals surface area contributed by atoms with Crippen molar-refractivity contribution in [3.8, 4) is 0 Å². The maximum atomic E-state index is 11.4. The number of carbonyl (C=O) groups is 2. The monoisotopic (exact) mass is 237 g/mol. The molecule has 1 aromatic rings. The molecule has 0 aliphatic heterocycles. The number of nitrogens with zero attached hydrogens (tertiary/aromatic N) is 1. The Balaban J connectivity index is 2.34. The van der Waals surface area contributed by atoms with Crippen LogP contribution in [0.2, 0.25) is 0 Å². The van der Waals surface area contributed by atoms with Crippen molar-refractivity contribution < 1.29 is 14.3 Å². The summed E-state index contributed by atoms with van der Waals surface area (Å²) in [6.45, 7) is 1.88. The van der Waals surface area contributed by atoms with Crippen molar-refractivity contribution in [1.29, 1.82) is 0 Å². The van der Waals surface area contributed by atoms with Gasteiger partial charge in [0.1, 0.15) is 6.54 Å². The molecule has 6 nitrogen and oxygen atoms in total. The van der Waals surface area contributed by atoms with Crippen LogP contribution in [0.25, 0.3) is 0 Å². The summed E-state index contributed by atoms with van der Waals surface area (Å²) in [5.74, 6) is -0.735. The standard InChI is InChI=1S/C11H15N3O3/c1-2-17-11(16)7-14-10(15)5-9-4-3-8(12)6-13-9/h3-4,6H,2,5,7,12H2,1H3,(H,14,15). The maximum Gasteiger partial charge on any atom is 0.325 e. The number of esters is 1. The van der Waals surface area contributed by atoms with Gasteiger partial charge in [0.25, 0.3) is 0 Å². The highest BCUT2D eigenvalue weighted by Gasteiger charge is 2.07. The molecule has 6 heteroatoms. The lowest BCUT2D eigenvalue weighted by Crippen LogP contribution is -2.31. The van der Waals surface area contributed by atoms with Crippen molar-refractivity contribution >= 4 is 17.6 Å². The number of aromatic nitrogens is 1. The molecule has 1 amide bonds. The average molecular weight is 237 g/mol. The second-order valence-corrected chi connectivity index (χ2v) is 3.34. The molecule has 0 aliphatic rings. The zero-order chi connectivity index (χ0) is 12.7. The Hall–Kier alpha value is -2.11. The highest BCUT2D eigenvalue weighted by atomic mass is 16.5. The van der Waals surface area contributed by atoms with Crippen LogP contribution in [-0.2, 0) is 20.7 Å². The number of nitrogens with two attached hydrogens (primary N) is 1. The lowest BCUT2D eigenvalue weighted by atomic mass is 10.2. The fourth-order valence-electron chi connectivity index (χ4n) is 1.15. The van der Waals surface area contributed by atoms with Gasteiger partial charge in [0, 0.05) is 5.69 Å². The van der Waals surface area contributed by atoms with Crippen LogP contribution in [0.4, 0.5) is 5.69 Å². The molecule has 0 unspecified atom stereocenters. The molecule has 0 bridgehead atoms. The quantitative estimate of drug-likeness (QED) is 0.696. The van der Waals surface area contributed by atoms with Gasteiger partial charge in [0.05, 0.1) is 24.9 Å². The molecular weight excluding hydrogens is 222 g/mol. The van der Waals surface area contributed by atoms with Crippen molar-refractivity contribution in [3.05, 3.63) is 24.0 Å². The number of hydrogen-bond donors (Lipinski definition) is 2. The van der Waals surface area contributed by atoms with E-state index in [0.29, 0.717) is 18.0 Å². The van der Waals surface area contributed by atoms with E-state index in [-0.39, 0.29) is 18.9 Å². The SMILES string of the molecule is CCOC(=O)CNC(=O)Cc1ccc(N)cn1. The maximum absolute atomic E-state index is 11.4. The Morgan fingerprint density at radius 3 is 2.82 bits per heavy atom. The third kappa shape index (κ3) is 4.96. The Bertz CT molecular complexity index is 389. The largest absolute Gasteiger partial charge is 0.465 e. The smallest absolute Gasteiger partial charge is 0.325 e. The highest BCUT2D eigenvalue weighted by molar-refractivity contribution is 5.83. The summed E-state index contributed by atoms with van der Waals surface area (Å²) in [6.07, 6.45) is 1.59. The predicted octanol–water partition coefficient (Wildman–Crippen LogP) is -0.114. The molecule has 0 fully saturated rings. The Kier molecular flexibility index (Phi) is 4.93. The van der Waals surface area contributed by atoms with Gasteiger partial charge in [-0.25, -0.2) is 0 Å². The van der Waals surface area contributed by atoms with Crippen molar-refractivity contribution in [2.24, 2.45) is 0 Å². The van der Waals surface area contributed by atoms with Crippen LogP contribution in [0.5, 0.6) is 0 Å². The molecule has 0 aliphatic carbocycles. The van der Waals surface area contributed by atoms with E-state index in [4.69, 9.17) is 5.73 Å². The zero-order valence-corrected chi connectivity index (χ0v) is 9.60. The second kappa shape index (κ2) is 6.47.